The lowest BCUT2D eigenvalue weighted by Gasteiger charge is -2.24. The van der Waals surface area contributed by atoms with Crippen LogP contribution in [-0.2, 0) is 13.5 Å². The van der Waals surface area contributed by atoms with Gasteiger partial charge in [-0.3, -0.25) is 4.68 Å². The van der Waals surface area contributed by atoms with E-state index in [2.05, 4.69) is 23.8 Å². The van der Waals surface area contributed by atoms with Crippen LogP contribution >= 0.6 is 0 Å². The van der Waals surface area contributed by atoms with Gasteiger partial charge in [-0.05, 0) is 45.6 Å². The molecule has 1 aromatic heterocycles. The van der Waals surface area contributed by atoms with Crippen LogP contribution in [0.4, 0.5) is 5.82 Å². The first kappa shape index (κ1) is 12.4. The number of aryl methyl sites for hydroxylation is 2. The molecule has 0 unspecified atom stereocenters. The summed E-state index contributed by atoms with van der Waals surface area (Å²) >= 11 is 0. The van der Waals surface area contributed by atoms with Gasteiger partial charge in [-0.2, -0.15) is 5.10 Å². The zero-order valence-corrected chi connectivity index (χ0v) is 11.2. The predicted molar refractivity (Wildman–Crippen MR) is 71.3 cm³/mol. The van der Waals surface area contributed by atoms with Crippen molar-refractivity contribution in [1.82, 2.24) is 9.78 Å². The first-order chi connectivity index (χ1) is 8.17. The van der Waals surface area contributed by atoms with E-state index in [1.807, 2.05) is 11.7 Å². The SMILES string of the molecule is CCN(CC1CC1)c1c(CCN)c(C)nn1C. The van der Waals surface area contributed by atoms with Gasteiger partial charge in [-0.1, -0.05) is 0 Å². The Hall–Kier alpha value is -1.03. The fraction of sp³-hybridized carbons (Fsp3) is 0.769. The van der Waals surface area contributed by atoms with Crippen molar-refractivity contribution in [2.45, 2.75) is 33.1 Å². The first-order valence-electron chi connectivity index (χ1n) is 6.64. The van der Waals surface area contributed by atoms with Crippen molar-refractivity contribution in [3.63, 3.8) is 0 Å². The molecule has 1 heterocycles. The van der Waals surface area contributed by atoms with E-state index in [-0.39, 0.29) is 0 Å². The fourth-order valence-electron chi connectivity index (χ4n) is 2.50. The van der Waals surface area contributed by atoms with E-state index >= 15 is 0 Å². The van der Waals surface area contributed by atoms with Gasteiger partial charge >= 0.3 is 0 Å². The molecule has 2 N–H and O–H groups in total. The second kappa shape index (κ2) is 5.08. The highest BCUT2D eigenvalue weighted by atomic mass is 15.4. The van der Waals surface area contributed by atoms with Crippen LogP contribution in [0.2, 0.25) is 0 Å². The zero-order valence-electron chi connectivity index (χ0n) is 11.2. The Morgan fingerprint density at radius 1 is 1.47 bits per heavy atom. The van der Waals surface area contributed by atoms with E-state index in [4.69, 9.17) is 5.73 Å². The van der Waals surface area contributed by atoms with Crippen molar-refractivity contribution in [3.8, 4) is 0 Å². The molecule has 0 aromatic carbocycles. The maximum absolute atomic E-state index is 5.71. The number of hydrogen-bond acceptors (Lipinski definition) is 3. The van der Waals surface area contributed by atoms with Gasteiger partial charge in [0.25, 0.3) is 0 Å². The lowest BCUT2D eigenvalue weighted by Crippen LogP contribution is -2.28. The minimum atomic E-state index is 0.695. The van der Waals surface area contributed by atoms with Crippen LogP contribution in [0.15, 0.2) is 0 Å². The van der Waals surface area contributed by atoms with E-state index in [0.717, 1.165) is 24.6 Å². The first-order valence-corrected chi connectivity index (χ1v) is 6.64. The molecular formula is C13H24N4. The monoisotopic (exact) mass is 236 g/mol. The second-order valence-electron chi connectivity index (χ2n) is 5.03. The summed E-state index contributed by atoms with van der Waals surface area (Å²) < 4.78 is 2.02. The molecular weight excluding hydrogens is 212 g/mol. The van der Waals surface area contributed by atoms with Gasteiger partial charge in [0.1, 0.15) is 5.82 Å². The Morgan fingerprint density at radius 2 is 2.18 bits per heavy atom. The summed E-state index contributed by atoms with van der Waals surface area (Å²) in [5.41, 5.74) is 8.17. The molecule has 0 amide bonds. The van der Waals surface area contributed by atoms with Crippen LogP contribution in [0.3, 0.4) is 0 Å². The minimum absolute atomic E-state index is 0.695. The quantitative estimate of drug-likeness (QED) is 0.813. The average molecular weight is 236 g/mol. The Kier molecular flexibility index (Phi) is 3.72. The van der Waals surface area contributed by atoms with Crippen LogP contribution in [0.5, 0.6) is 0 Å². The minimum Gasteiger partial charge on any atom is -0.357 e. The number of nitrogens with two attached hydrogens (primary N) is 1. The van der Waals surface area contributed by atoms with Gasteiger partial charge in [0.05, 0.1) is 5.69 Å². The molecule has 0 saturated heterocycles. The van der Waals surface area contributed by atoms with Gasteiger partial charge < -0.3 is 10.6 Å². The summed E-state index contributed by atoms with van der Waals surface area (Å²) in [5.74, 6) is 2.18. The summed E-state index contributed by atoms with van der Waals surface area (Å²) in [6, 6.07) is 0. The van der Waals surface area contributed by atoms with Crippen LogP contribution in [-0.4, -0.2) is 29.4 Å². The molecule has 0 aliphatic heterocycles. The Morgan fingerprint density at radius 3 is 2.71 bits per heavy atom. The van der Waals surface area contributed by atoms with Gasteiger partial charge in [-0.15, -0.1) is 0 Å². The maximum atomic E-state index is 5.71. The largest absolute Gasteiger partial charge is 0.357 e. The second-order valence-corrected chi connectivity index (χ2v) is 5.03. The molecule has 17 heavy (non-hydrogen) atoms. The number of aromatic nitrogens is 2. The Balaban J connectivity index is 2.26. The lowest BCUT2D eigenvalue weighted by atomic mass is 10.1. The van der Waals surface area contributed by atoms with Gasteiger partial charge in [-0.25, -0.2) is 0 Å². The Bertz CT molecular complexity index is 379. The highest BCUT2D eigenvalue weighted by Gasteiger charge is 2.26. The highest BCUT2D eigenvalue weighted by molar-refractivity contribution is 5.50. The molecule has 1 fully saturated rings. The standard InChI is InChI=1S/C13H24N4/c1-4-17(9-11-5-6-11)13-12(7-8-14)10(2)15-16(13)3/h11H,4-9,14H2,1-3H3. The average Bonchev–Trinajstić information content (AvgIpc) is 3.06. The third-order valence-electron chi connectivity index (χ3n) is 3.56. The van der Waals surface area contributed by atoms with Gasteiger partial charge in [0.2, 0.25) is 0 Å². The highest BCUT2D eigenvalue weighted by Crippen LogP contribution is 2.32. The zero-order chi connectivity index (χ0) is 12.4. The van der Waals surface area contributed by atoms with Crippen LogP contribution in [0, 0.1) is 12.8 Å². The molecule has 2 rings (SSSR count). The van der Waals surface area contributed by atoms with E-state index < -0.39 is 0 Å². The smallest absolute Gasteiger partial charge is 0.130 e. The number of rotatable bonds is 6. The number of nitrogens with zero attached hydrogens (tertiary/aromatic N) is 3. The van der Waals surface area contributed by atoms with Crippen LogP contribution in [0.25, 0.3) is 0 Å². The maximum Gasteiger partial charge on any atom is 0.130 e. The molecule has 4 heteroatoms. The summed E-state index contributed by atoms with van der Waals surface area (Å²) in [4.78, 5) is 2.46. The van der Waals surface area contributed by atoms with Crippen molar-refractivity contribution in [1.29, 1.82) is 0 Å². The third kappa shape index (κ3) is 2.63. The molecule has 1 aliphatic carbocycles. The molecule has 4 nitrogen and oxygen atoms in total. The summed E-state index contributed by atoms with van der Waals surface area (Å²) in [7, 11) is 2.04. The van der Waals surface area contributed by atoms with E-state index in [1.54, 1.807) is 0 Å². The third-order valence-corrected chi connectivity index (χ3v) is 3.56. The number of anilines is 1. The van der Waals surface area contributed by atoms with Crippen molar-refractivity contribution in [3.05, 3.63) is 11.3 Å². The van der Waals surface area contributed by atoms with Crippen molar-refractivity contribution in [2.75, 3.05) is 24.5 Å². The molecule has 1 aromatic rings. The normalized spacial score (nSPS) is 15.3. The molecule has 96 valence electrons. The molecule has 1 aliphatic rings. The molecule has 0 radical (unpaired) electrons. The summed E-state index contributed by atoms with van der Waals surface area (Å²) in [5, 5.41) is 4.55. The van der Waals surface area contributed by atoms with Crippen LogP contribution in [0.1, 0.15) is 31.0 Å². The molecule has 0 atom stereocenters. The van der Waals surface area contributed by atoms with E-state index in [0.29, 0.717) is 6.54 Å². The molecule has 0 bridgehead atoms. The van der Waals surface area contributed by atoms with Crippen molar-refractivity contribution >= 4 is 5.82 Å². The van der Waals surface area contributed by atoms with E-state index in [1.165, 1.54) is 30.8 Å². The van der Waals surface area contributed by atoms with Crippen molar-refractivity contribution < 1.29 is 0 Å². The van der Waals surface area contributed by atoms with Gasteiger partial charge in [0.15, 0.2) is 0 Å². The predicted octanol–water partition coefficient (Wildman–Crippen LogP) is 1.47. The van der Waals surface area contributed by atoms with Crippen LogP contribution < -0.4 is 10.6 Å². The fourth-order valence-corrected chi connectivity index (χ4v) is 2.50. The Labute approximate surface area is 104 Å². The van der Waals surface area contributed by atoms with Crippen molar-refractivity contribution in [2.24, 2.45) is 18.7 Å². The topological polar surface area (TPSA) is 47.1 Å². The number of hydrogen-bond donors (Lipinski definition) is 1. The lowest BCUT2D eigenvalue weighted by molar-refractivity contribution is 0.675. The van der Waals surface area contributed by atoms with Gasteiger partial charge in [0, 0.05) is 25.7 Å². The summed E-state index contributed by atoms with van der Waals surface area (Å²) in [6.45, 7) is 7.22. The molecule has 1 saturated carbocycles. The molecule has 0 spiro atoms. The summed E-state index contributed by atoms with van der Waals surface area (Å²) in [6.07, 6.45) is 3.70. The van der Waals surface area contributed by atoms with E-state index in [9.17, 15) is 0 Å².